The third kappa shape index (κ3) is 3.20. The van der Waals surface area contributed by atoms with Gasteiger partial charge >= 0.3 is 0 Å². The molecular weight excluding hydrogens is 73.0 g/mol. The van der Waals surface area contributed by atoms with E-state index in [-0.39, 0.29) is 0 Å². The third-order valence-corrected chi connectivity index (χ3v) is 0.123. The molecule has 0 rings (SSSR count). The zero-order chi connectivity index (χ0) is 4.28. The Hall–Kier alpha value is -0.800. The highest BCUT2D eigenvalue weighted by Crippen LogP contribution is 1.54. The van der Waals surface area contributed by atoms with Gasteiger partial charge < -0.3 is 11.6 Å². The maximum Gasteiger partial charge on any atom is 0.296 e. The summed E-state index contributed by atoms with van der Waals surface area (Å²) in [5, 5.41) is 2.42. The van der Waals surface area contributed by atoms with Gasteiger partial charge in [0.05, 0.1) is 0 Å². The molecule has 4 heteroatoms. The van der Waals surface area contributed by atoms with Crippen molar-refractivity contribution in [1.82, 2.24) is 0 Å². The molecule has 0 unspecified atom stereocenters. The van der Waals surface area contributed by atoms with Crippen LogP contribution in [0.1, 0.15) is 0 Å². The average molecular weight is 77.1 g/mol. The standard InChI is InChI=1S/CH4FN3/c2-1(3)5-4/h4H2,(H2,3,5). The summed E-state index contributed by atoms with van der Waals surface area (Å²) in [6.07, 6.45) is -1.09. The minimum absolute atomic E-state index is 1.09. The summed E-state index contributed by atoms with van der Waals surface area (Å²) in [7, 11) is 0. The van der Waals surface area contributed by atoms with Crippen molar-refractivity contribution in [2.75, 3.05) is 0 Å². The van der Waals surface area contributed by atoms with Crippen molar-refractivity contribution in [3.63, 3.8) is 0 Å². The van der Waals surface area contributed by atoms with Gasteiger partial charge in [-0.1, -0.05) is 0 Å². The number of hydrogen-bond donors (Lipinski definition) is 2. The van der Waals surface area contributed by atoms with Crippen LogP contribution in [0.2, 0.25) is 0 Å². The Morgan fingerprint density at radius 2 is 2.00 bits per heavy atom. The highest BCUT2D eigenvalue weighted by molar-refractivity contribution is 5.69. The minimum atomic E-state index is -1.09. The van der Waals surface area contributed by atoms with Crippen molar-refractivity contribution < 1.29 is 4.39 Å². The predicted molar refractivity (Wildman–Crippen MR) is 16.9 cm³/mol. The van der Waals surface area contributed by atoms with Crippen molar-refractivity contribution in [3.8, 4) is 0 Å². The van der Waals surface area contributed by atoms with Crippen molar-refractivity contribution in [1.29, 1.82) is 0 Å². The molecule has 0 amide bonds. The smallest absolute Gasteiger partial charge is 0.296 e. The number of nitrogens with two attached hydrogens (primary N) is 2. The average Bonchev–Trinajstić information content (AvgIpc) is 1.38. The minimum Gasteiger partial charge on any atom is -0.358 e. The van der Waals surface area contributed by atoms with Gasteiger partial charge in [-0.3, -0.25) is 0 Å². The fourth-order valence-corrected chi connectivity index (χ4v) is 0. The fourth-order valence-electron chi connectivity index (χ4n) is 0. The highest BCUT2D eigenvalue weighted by Gasteiger charge is 1.70. The Morgan fingerprint density at radius 1 is 1.80 bits per heavy atom. The molecule has 0 fully saturated rings. The quantitative estimate of drug-likeness (QED) is 0.130. The molecule has 0 saturated carbocycles. The van der Waals surface area contributed by atoms with Gasteiger partial charge in [-0.15, -0.1) is 5.10 Å². The molecule has 0 aliphatic heterocycles. The summed E-state index contributed by atoms with van der Waals surface area (Å²) in [6.45, 7) is 0. The number of halogens is 1. The van der Waals surface area contributed by atoms with E-state index in [0.717, 1.165) is 0 Å². The lowest BCUT2D eigenvalue weighted by atomic mass is 11.3. The van der Waals surface area contributed by atoms with Gasteiger partial charge in [-0.25, -0.2) is 0 Å². The van der Waals surface area contributed by atoms with E-state index in [2.05, 4.69) is 16.7 Å². The van der Waals surface area contributed by atoms with E-state index in [1.54, 1.807) is 0 Å². The number of rotatable bonds is 0. The summed E-state index contributed by atoms with van der Waals surface area (Å²) in [4.78, 5) is 0. The van der Waals surface area contributed by atoms with E-state index in [9.17, 15) is 4.39 Å². The first kappa shape index (κ1) is 4.20. The van der Waals surface area contributed by atoms with Gasteiger partial charge in [0.2, 0.25) is 0 Å². The zero-order valence-corrected chi connectivity index (χ0v) is 2.48. The second-order valence-corrected chi connectivity index (χ2v) is 0.452. The van der Waals surface area contributed by atoms with Crippen LogP contribution in [0.15, 0.2) is 5.10 Å². The Bertz CT molecular complexity index is 44.9. The second kappa shape index (κ2) is 1.51. The van der Waals surface area contributed by atoms with E-state index in [1.807, 2.05) is 0 Å². The highest BCUT2D eigenvalue weighted by atomic mass is 19.1. The number of hydrogen-bond acceptors (Lipinski definition) is 2. The van der Waals surface area contributed by atoms with Crippen LogP contribution in [0.25, 0.3) is 0 Å². The molecule has 0 bridgehead atoms. The summed E-state index contributed by atoms with van der Waals surface area (Å²) in [5.74, 6) is 4.26. The normalized spacial score (nSPS) is 11.8. The van der Waals surface area contributed by atoms with Crippen LogP contribution < -0.4 is 11.6 Å². The van der Waals surface area contributed by atoms with Crippen LogP contribution in [0.3, 0.4) is 0 Å². The van der Waals surface area contributed by atoms with Crippen LogP contribution >= 0.6 is 0 Å². The molecule has 3 nitrogen and oxygen atoms in total. The maximum atomic E-state index is 10.8. The van der Waals surface area contributed by atoms with Crippen LogP contribution in [-0.4, -0.2) is 6.09 Å². The summed E-state index contributed by atoms with van der Waals surface area (Å²) >= 11 is 0. The number of nitrogens with zero attached hydrogens (tertiary/aromatic N) is 1. The molecule has 30 valence electrons. The molecule has 0 atom stereocenters. The summed E-state index contributed by atoms with van der Waals surface area (Å²) < 4.78 is 10.8. The van der Waals surface area contributed by atoms with E-state index in [4.69, 9.17) is 0 Å². The molecule has 0 aromatic heterocycles. The predicted octanol–water partition coefficient (Wildman–Crippen LogP) is -0.856. The van der Waals surface area contributed by atoms with Crippen LogP contribution in [-0.2, 0) is 0 Å². The largest absolute Gasteiger partial charge is 0.358 e. The van der Waals surface area contributed by atoms with E-state index in [1.165, 1.54) is 0 Å². The first-order valence-electron chi connectivity index (χ1n) is 0.959. The Balaban J connectivity index is 3.14. The lowest BCUT2D eigenvalue weighted by Gasteiger charge is -1.70. The monoisotopic (exact) mass is 77.0 g/mol. The number of hydrazone groups is 1. The molecule has 0 spiro atoms. The molecule has 0 aromatic rings. The van der Waals surface area contributed by atoms with Gasteiger partial charge in [0.15, 0.2) is 0 Å². The van der Waals surface area contributed by atoms with Crippen LogP contribution in [0.4, 0.5) is 4.39 Å². The van der Waals surface area contributed by atoms with Gasteiger partial charge in [0.1, 0.15) is 0 Å². The van der Waals surface area contributed by atoms with E-state index >= 15 is 0 Å². The molecule has 0 aliphatic carbocycles. The topological polar surface area (TPSA) is 64.4 Å². The first-order valence-corrected chi connectivity index (χ1v) is 0.959. The molecule has 5 heavy (non-hydrogen) atoms. The molecule has 0 heterocycles. The molecule has 0 radical (unpaired) electrons. The van der Waals surface area contributed by atoms with E-state index in [0.29, 0.717) is 0 Å². The summed E-state index contributed by atoms with van der Waals surface area (Å²) in [5.41, 5.74) is 4.25. The maximum absolute atomic E-state index is 10.8. The van der Waals surface area contributed by atoms with Crippen molar-refractivity contribution in [2.45, 2.75) is 0 Å². The van der Waals surface area contributed by atoms with Gasteiger partial charge in [-0.05, 0) is 0 Å². The Labute approximate surface area is 28.5 Å². The molecule has 0 aromatic carbocycles. The molecular formula is CH4FN3. The zero-order valence-electron chi connectivity index (χ0n) is 2.48. The second-order valence-electron chi connectivity index (χ2n) is 0.452. The van der Waals surface area contributed by atoms with Crippen molar-refractivity contribution in [2.24, 2.45) is 16.7 Å². The van der Waals surface area contributed by atoms with Crippen LogP contribution in [0.5, 0.6) is 0 Å². The van der Waals surface area contributed by atoms with Crippen molar-refractivity contribution >= 4 is 6.09 Å². The Morgan fingerprint density at radius 3 is 2.00 bits per heavy atom. The van der Waals surface area contributed by atoms with Gasteiger partial charge in [-0.2, -0.15) is 4.39 Å². The van der Waals surface area contributed by atoms with Gasteiger partial charge in [0.25, 0.3) is 6.09 Å². The third-order valence-electron chi connectivity index (χ3n) is 0.123. The molecule has 4 N–H and O–H groups in total. The SMILES string of the molecule is N/N=C(\N)F. The number of amidine groups is 1. The van der Waals surface area contributed by atoms with Gasteiger partial charge in [0, 0.05) is 0 Å². The Kier molecular flexibility index (Phi) is 1.27. The summed E-state index contributed by atoms with van der Waals surface area (Å²) in [6, 6.07) is 0. The molecule has 0 saturated heterocycles. The lowest BCUT2D eigenvalue weighted by Crippen LogP contribution is -2.05. The molecule has 0 aliphatic rings. The fraction of sp³-hybridized carbons (Fsp3) is 0. The van der Waals surface area contributed by atoms with Crippen LogP contribution in [0, 0.1) is 0 Å². The lowest BCUT2D eigenvalue weighted by molar-refractivity contribution is 0.780. The van der Waals surface area contributed by atoms with Crippen molar-refractivity contribution in [3.05, 3.63) is 0 Å². The van der Waals surface area contributed by atoms with E-state index < -0.39 is 6.09 Å². The first-order chi connectivity index (χ1) is 2.27.